The fraction of sp³-hybridized carbons (Fsp3) is 0.300. The van der Waals surface area contributed by atoms with Crippen LogP contribution in [-0.2, 0) is 29.7 Å². The Kier molecular flexibility index (Phi) is 8.76. The van der Waals surface area contributed by atoms with Crippen LogP contribution in [0.2, 0.25) is 0 Å². The zero-order chi connectivity index (χ0) is 30.7. The smallest absolute Gasteiger partial charge is 0.321 e. The first-order valence-corrected chi connectivity index (χ1v) is 14.5. The monoisotopic (exact) mass is 588 g/mol. The van der Waals surface area contributed by atoms with E-state index >= 15 is 0 Å². The van der Waals surface area contributed by atoms with Crippen LogP contribution in [0.25, 0.3) is 33.3 Å². The van der Waals surface area contributed by atoms with E-state index in [1.54, 1.807) is 89.1 Å². The number of carbonyl (C=O) groups is 1. The summed E-state index contributed by atoms with van der Waals surface area (Å²) in [5, 5.41) is 12.9. The van der Waals surface area contributed by atoms with E-state index in [1.165, 1.54) is 12.3 Å². The van der Waals surface area contributed by atoms with Crippen molar-refractivity contribution in [3.63, 3.8) is 0 Å². The average Bonchev–Trinajstić information content (AvgIpc) is 3.28. The highest BCUT2D eigenvalue weighted by Crippen LogP contribution is 2.55. The van der Waals surface area contributed by atoms with Gasteiger partial charge in [0.15, 0.2) is 0 Å². The summed E-state index contributed by atoms with van der Waals surface area (Å²) in [5.41, 5.74) is 2.63. The van der Waals surface area contributed by atoms with Gasteiger partial charge in [0.05, 0.1) is 23.1 Å². The Morgan fingerprint density at radius 1 is 1.05 bits per heavy atom. The molecule has 0 atom stereocenters. The second-order valence-electron chi connectivity index (χ2n) is 11.4. The lowest BCUT2D eigenvalue weighted by Crippen LogP contribution is -2.25. The molecule has 0 aliphatic carbocycles. The summed E-state index contributed by atoms with van der Waals surface area (Å²) < 4.78 is 32.8. The number of aromatic nitrogens is 4. The Morgan fingerprint density at radius 2 is 1.74 bits per heavy atom. The largest absolute Gasteiger partial charge is 0.477 e. The Bertz CT molecular complexity index is 1710. The summed E-state index contributed by atoms with van der Waals surface area (Å²) in [6.45, 7) is 13.9. The van der Waals surface area contributed by atoms with Crippen molar-refractivity contribution in [2.24, 2.45) is 0 Å². The molecule has 218 valence electrons. The molecule has 0 aliphatic heterocycles. The van der Waals surface area contributed by atoms with E-state index in [0.717, 1.165) is 27.6 Å². The highest BCUT2D eigenvalue weighted by atomic mass is 31.2. The van der Waals surface area contributed by atoms with Crippen molar-refractivity contribution in [1.29, 1.82) is 5.26 Å². The molecular weight excluding hydrogens is 555 g/mol. The molecule has 4 aromatic heterocycles. The van der Waals surface area contributed by atoms with Gasteiger partial charge in [0.2, 0.25) is 5.91 Å². The molecule has 0 saturated heterocycles. The minimum Gasteiger partial charge on any atom is -0.321 e. The summed E-state index contributed by atoms with van der Waals surface area (Å²) in [5.74, 6) is -0.351. The molecule has 0 saturated carbocycles. The lowest BCUT2D eigenvalue weighted by atomic mass is 10.0. The molecule has 4 heterocycles. The van der Waals surface area contributed by atoms with Crippen LogP contribution >= 0.6 is 7.82 Å². The van der Waals surface area contributed by atoms with Gasteiger partial charge in [-0.1, -0.05) is 6.58 Å². The van der Waals surface area contributed by atoms with Gasteiger partial charge >= 0.3 is 7.82 Å². The lowest BCUT2D eigenvalue weighted by Gasteiger charge is -2.30. The third-order valence-corrected chi connectivity index (χ3v) is 7.52. The molecule has 0 aliphatic rings. The molecule has 0 unspecified atom stereocenters. The molecule has 4 aromatic rings. The number of anilines is 1. The standard InChI is InChI=1S/C30H33N6O5P/c1-8-27(37)35-24-12-21(15-32-17-24)22-13-25-26(20-9-10-33-23(11-20)14-31)18-36(28(25)34-16-22)19-39-42(38,40-29(2,3)4)41-30(5,6)7/h8-13,15-18H,1,19H2,2-7H3,(H,35,37). The van der Waals surface area contributed by atoms with E-state index in [0.29, 0.717) is 11.3 Å². The Morgan fingerprint density at radius 3 is 2.38 bits per heavy atom. The summed E-state index contributed by atoms with van der Waals surface area (Å²) in [6.07, 6.45) is 9.41. The Balaban J connectivity index is 1.80. The zero-order valence-electron chi connectivity index (χ0n) is 24.4. The first-order valence-electron chi connectivity index (χ1n) is 13.1. The van der Waals surface area contributed by atoms with Crippen LogP contribution in [0.5, 0.6) is 0 Å². The lowest BCUT2D eigenvalue weighted by molar-refractivity contribution is -0.111. The molecule has 1 amide bonds. The number of phosphoric ester groups is 1. The predicted octanol–water partition coefficient (Wildman–Crippen LogP) is 6.87. The number of nitriles is 1. The number of fused-ring (bicyclic) bond motifs is 1. The molecule has 1 N–H and O–H groups in total. The van der Waals surface area contributed by atoms with Crippen molar-refractivity contribution in [2.75, 3.05) is 5.32 Å². The molecule has 42 heavy (non-hydrogen) atoms. The maximum Gasteiger partial charge on any atom is 0.477 e. The number of nitrogens with one attached hydrogen (secondary N) is 1. The molecular formula is C30H33N6O5P. The van der Waals surface area contributed by atoms with Crippen LogP contribution in [0.1, 0.15) is 47.2 Å². The molecule has 0 radical (unpaired) electrons. The molecule has 0 fully saturated rings. The van der Waals surface area contributed by atoms with Crippen molar-refractivity contribution >= 4 is 30.5 Å². The van der Waals surface area contributed by atoms with Crippen molar-refractivity contribution in [1.82, 2.24) is 19.5 Å². The average molecular weight is 589 g/mol. The van der Waals surface area contributed by atoms with E-state index in [-0.39, 0.29) is 18.3 Å². The van der Waals surface area contributed by atoms with Crippen LogP contribution in [0.4, 0.5) is 5.69 Å². The van der Waals surface area contributed by atoms with Gasteiger partial charge in [-0.2, -0.15) is 5.26 Å². The third-order valence-electron chi connectivity index (χ3n) is 5.55. The highest BCUT2D eigenvalue weighted by molar-refractivity contribution is 7.48. The summed E-state index contributed by atoms with van der Waals surface area (Å²) >= 11 is 0. The van der Waals surface area contributed by atoms with Crippen molar-refractivity contribution < 1.29 is 22.9 Å². The number of carbonyl (C=O) groups excluding carboxylic acids is 1. The van der Waals surface area contributed by atoms with Crippen LogP contribution < -0.4 is 5.32 Å². The van der Waals surface area contributed by atoms with E-state index < -0.39 is 19.0 Å². The van der Waals surface area contributed by atoms with Gasteiger partial charge in [0.1, 0.15) is 24.1 Å². The first kappa shape index (κ1) is 30.8. The van der Waals surface area contributed by atoms with Crippen LogP contribution in [0.15, 0.2) is 67.9 Å². The molecule has 0 bridgehead atoms. The fourth-order valence-corrected chi connectivity index (χ4v) is 5.80. The predicted molar refractivity (Wildman–Crippen MR) is 160 cm³/mol. The maximum atomic E-state index is 13.7. The van der Waals surface area contributed by atoms with Crippen LogP contribution in [-0.4, -0.2) is 36.6 Å². The number of hydrogen-bond donors (Lipinski definition) is 1. The second-order valence-corrected chi connectivity index (χ2v) is 12.9. The van der Waals surface area contributed by atoms with E-state index in [1.807, 2.05) is 6.07 Å². The summed E-state index contributed by atoms with van der Waals surface area (Å²) in [7, 11) is -4.01. The Hall–Kier alpha value is -4.20. The molecule has 0 spiro atoms. The van der Waals surface area contributed by atoms with Gasteiger partial charge in [-0.25, -0.2) is 14.5 Å². The molecule has 0 aromatic carbocycles. The quantitative estimate of drug-likeness (QED) is 0.164. The maximum absolute atomic E-state index is 13.7. The highest BCUT2D eigenvalue weighted by Gasteiger charge is 2.37. The van der Waals surface area contributed by atoms with E-state index in [2.05, 4.69) is 27.9 Å². The van der Waals surface area contributed by atoms with Crippen LogP contribution in [0, 0.1) is 11.3 Å². The van der Waals surface area contributed by atoms with E-state index in [4.69, 9.17) is 18.6 Å². The number of amides is 1. The van der Waals surface area contributed by atoms with Crippen molar-refractivity contribution in [3.05, 3.63) is 73.6 Å². The third kappa shape index (κ3) is 7.75. The van der Waals surface area contributed by atoms with Crippen molar-refractivity contribution in [2.45, 2.75) is 59.5 Å². The van der Waals surface area contributed by atoms with Gasteiger partial charge in [-0.3, -0.25) is 23.3 Å². The van der Waals surface area contributed by atoms with Gasteiger partial charge < -0.3 is 9.88 Å². The summed E-state index contributed by atoms with van der Waals surface area (Å²) in [4.78, 5) is 24.8. The van der Waals surface area contributed by atoms with Gasteiger partial charge in [-0.15, -0.1) is 0 Å². The first-order chi connectivity index (χ1) is 19.7. The van der Waals surface area contributed by atoms with Gasteiger partial charge in [0.25, 0.3) is 0 Å². The summed E-state index contributed by atoms with van der Waals surface area (Å²) in [6, 6.07) is 9.23. The SMILES string of the molecule is C=CC(=O)Nc1cncc(-c2cnc3c(c2)c(-c2ccnc(C#N)c2)cn3COP(=O)(OC(C)(C)C)OC(C)(C)C)c1. The fourth-order valence-electron chi connectivity index (χ4n) is 4.05. The van der Waals surface area contributed by atoms with Gasteiger partial charge in [-0.05, 0) is 77.4 Å². The number of rotatable bonds is 9. The minimum absolute atomic E-state index is 0.187. The minimum atomic E-state index is -4.01. The van der Waals surface area contributed by atoms with Crippen molar-refractivity contribution in [3.8, 4) is 28.3 Å². The molecule has 12 heteroatoms. The topological polar surface area (TPSA) is 141 Å². The van der Waals surface area contributed by atoms with Gasteiger partial charge in [0, 0.05) is 46.9 Å². The number of phosphoric acid groups is 1. The Labute approximate surface area is 244 Å². The molecule has 11 nitrogen and oxygen atoms in total. The van der Waals surface area contributed by atoms with Crippen LogP contribution in [0.3, 0.4) is 0 Å². The second kappa shape index (κ2) is 12.0. The zero-order valence-corrected chi connectivity index (χ0v) is 25.3. The number of nitrogens with zero attached hydrogens (tertiary/aromatic N) is 5. The normalized spacial score (nSPS) is 12.2. The number of pyridine rings is 3. The van der Waals surface area contributed by atoms with E-state index in [9.17, 15) is 14.6 Å². The molecule has 4 rings (SSSR count). The number of hydrogen-bond acceptors (Lipinski definition) is 9.